The van der Waals surface area contributed by atoms with Crippen molar-refractivity contribution in [1.82, 2.24) is 4.90 Å². The Morgan fingerprint density at radius 2 is 1.75 bits per heavy atom. The van der Waals surface area contributed by atoms with Crippen LogP contribution in [0.3, 0.4) is 0 Å². The molecule has 0 radical (unpaired) electrons. The van der Waals surface area contributed by atoms with Crippen molar-refractivity contribution in [3.8, 4) is 0 Å². The molecule has 0 amide bonds. The number of anilines is 1. The van der Waals surface area contributed by atoms with E-state index in [1.165, 1.54) is 57.3 Å². The average Bonchev–Trinajstić information content (AvgIpc) is 3.10. The molecule has 4 rings (SSSR count). The number of piperidine rings is 1. The van der Waals surface area contributed by atoms with Crippen LogP contribution in [0.15, 0.2) is 24.3 Å². The maximum atomic E-state index is 3.63. The third kappa shape index (κ3) is 2.23. The summed E-state index contributed by atoms with van der Waals surface area (Å²) in [6.45, 7) is 3.77. The number of halogens is 1. The number of rotatable bonds is 1. The Hall–Kier alpha value is -0.730. The van der Waals surface area contributed by atoms with Gasteiger partial charge in [0.2, 0.25) is 0 Å². The Kier molecular flexibility index (Phi) is 3.96. The molecule has 1 spiro atoms. The normalized spacial score (nSPS) is 25.2. The Bertz CT molecular complexity index is 460. The van der Waals surface area contributed by atoms with E-state index < -0.39 is 0 Å². The molecule has 2 heterocycles. The minimum atomic E-state index is 0. The first-order valence-electron chi connectivity index (χ1n) is 7.95. The first-order chi connectivity index (χ1) is 9.37. The number of benzene rings is 1. The second-order valence-corrected chi connectivity index (χ2v) is 6.65. The highest BCUT2D eigenvalue weighted by Gasteiger charge is 2.42. The van der Waals surface area contributed by atoms with Gasteiger partial charge in [0.05, 0.1) is 0 Å². The van der Waals surface area contributed by atoms with E-state index in [-0.39, 0.29) is 12.4 Å². The van der Waals surface area contributed by atoms with Crippen molar-refractivity contribution in [2.24, 2.45) is 0 Å². The van der Waals surface area contributed by atoms with Crippen molar-refractivity contribution in [3.63, 3.8) is 0 Å². The van der Waals surface area contributed by atoms with Gasteiger partial charge in [0.15, 0.2) is 0 Å². The summed E-state index contributed by atoms with van der Waals surface area (Å²) >= 11 is 0. The van der Waals surface area contributed by atoms with Gasteiger partial charge < -0.3 is 10.2 Å². The highest BCUT2D eigenvalue weighted by molar-refractivity contribution is 5.85. The molecule has 2 fully saturated rings. The van der Waals surface area contributed by atoms with Crippen molar-refractivity contribution in [1.29, 1.82) is 0 Å². The number of hydrogen-bond acceptors (Lipinski definition) is 2. The molecule has 1 saturated heterocycles. The monoisotopic (exact) mass is 292 g/mol. The minimum Gasteiger partial charge on any atom is -0.384 e. The van der Waals surface area contributed by atoms with Gasteiger partial charge in [-0.2, -0.15) is 0 Å². The summed E-state index contributed by atoms with van der Waals surface area (Å²) in [5.74, 6) is 0. The van der Waals surface area contributed by atoms with E-state index >= 15 is 0 Å². The molecule has 0 aromatic heterocycles. The van der Waals surface area contributed by atoms with Crippen molar-refractivity contribution in [3.05, 3.63) is 29.8 Å². The molecule has 20 heavy (non-hydrogen) atoms. The number of fused-ring (bicyclic) bond motifs is 2. The standard InChI is InChI=1S/C17H24N2.ClH/c1-2-6-14(5-1)19-11-9-17(10-12-19)13-18-16-8-4-3-7-15(16)17;/h3-4,7-8,14,18H,1-2,5-6,9-13H2;1H. The maximum absolute atomic E-state index is 3.63. The second kappa shape index (κ2) is 5.57. The number of hydrogen-bond donors (Lipinski definition) is 1. The Balaban J connectivity index is 0.00000121. The Morgan fingerprint density at radius 1 is 1.05 bits per heavy atom. The molecular formula is C17H25ClN2. The molecule has 0 unspecified atom stereocenters. The predicted molar refractivity (Wildman–Crippen MR) is 86.9 cm³/mol. The zero-order chi connectivity index (χ0) is 12.7. The predicted octanol–water partition coefficient (Wildman–Crippen LogP) is 3.81. The molecule has 0 atom stereocenters. The zero-order valence-corrected chi connectivity index (χ0v) is 12.9. The maximum Gasteiger partial charge on any atom is 0.0379 e. The first-order valence-corrected chi connectivity index (χ1v) is 7.95. The van der Waals surface area contributed by atoms with Gasteiger partial charge in [-0.25, -0.2) is 0 Å². The molecule has 1 saturated carbocycles. The SMILES string of the molecule is Cl.c1ccc2c(c1)NCC21CCN(C2CCCC2)CC1. The van der Waals surface area contributed by atoms with Gasteiger partial charge >= 0.3 is 0 Å². The van der Waals surface area contributed by atoms with E-state index in [4.69, 9.17) is 0 Å². The van der Waals surface area contributed by atoms with Crippen LogP contribution in [-0.4, -0.2) is 30.6 Å². The fraction of sp³-hybridized carbons (Fsp3) is 0.647. The molecule has 2 nitrogen and oxygen atoms in total. The molecule has 0 bridgehead atoms. The fourth-order valence-corrected chi connectivity index (χ4v) is 4.49. The first kappa shape index (κ1) is 14.2. The molecule has 3 aliphatic rings. The average molecular weight is 293 g/mol. The van der Waals surface area contributed by atoms with E-state index in [0.717, 1.165) is 12.6 Å². The topological polar surface area (TPSA) is 15.3 Å². The van der Waals surface area contributed by atoms with Gasteiger partial charge in [0.1, 0.15) is 0 Å². The smallest absolute Gasteiger partial charge is 0.0379 e. The van der Waals surface area contributed by atoms with E-state index in [1.54, 1.807) is 5.56 Å². The van der Waals surface area contributed by atoms with Crippen LogP contribution in [0.5, 0.6) is 0 Å². The summed E-state index contributed by atoms with van der Waals surface area (Å²) in [5, 5.41) is 3.63. The van der Waals surface area contributed by atoms with Crippen LogP contribution in [0, 0.1) is 0 Å². The molecule has 1 aromatic rings. The molecule has 1 aliphatic carbocycles. The van der Waals surface area contributed by atoms with Crippen LogP contribution < -0.4 is 5.32 Å². The van der Waals surface area contributed by atoms with Crippen LogP contribution in [0.25, 0.3) is 0 Å². The van der Waals surface area contributed by atoms with Crippen LogP contribution in [0.1, 0.15) is 44.1 Å². The number of para-hydroxylation sites is 1. The fourth-order valence-electron chi connectivity index (χ4n) is 4.49. The lowest BCUT2D eigenvalue weighted by Crippen LogP contribution is -2.47. The Morgan fingerprint density at radius 3 is 2.50 bits per heavy atom. The third-order valence-corrected chi connectivity index (χ3v) is 5.71. The van der Waals surface area contributed by atoms with Crippen LogP contribution >= 0.6 is 12.4 Å². The highest BCUT2D eigenvalue weighted by Crippen LogP contribution is 2.44. The minimum absolute atomic E-state index is 0. The summed E-state index contributed by atoms with van der Waals surface area (Å²) < 4.78 is 0. The Labute approximate surface area is 128 Å². The van der Waals surface area contributed by atoms with Crippen LogP contribution in [0.2, 0.25) is 0 Å². The largest absolute Gasteiger partial charge is 0.384 e. The van der Waals surface area contributed by atoms with Gasteiger partial charge in [0.25, 0.3) is 0 Å². The van der Waals surface area contributed by atoms with Crippen molar-refractivity contribution >= 4 is 18.1 Å². The van der Waals surface area contributed by atoms with Gasteiger partial charge in [0, 0.05) is 23.7 Å². The van der Waals surface area contributed by atoms with Gasteiger partial charge in [-0.1, -0.05) is 31.0 Å². The molecule has 110 valence electrons. The summed E-state index contributed by atoms with van der Waals surface area (Å²) in [7, 11) is 0. The highest BCUT2D eigenvalue weighted by atomic mass is 35.5. The van der Waals surface area contributed by atoms with E-state index in [1.807, 2.05) is 0 Å². The number of nitrogens with one attached hydrogen (secondary N) is 1. The van der Waals surface area contributed by atoms with Crippen molar-refractivity contribution in [2.75, 3.05) is 25.0 Å². The summed E-state index contributed by atoms with van der Waals surface area (Å²) in [5.41, 5.74) is 3.41. The van der Waals surface area contributed by atoms with Crippen LogP contribution in [0.4, 0.5) is 5.69 Å². The lowest BCUT2D eigenvalue weighted by atomic mass is 9.74. The van der Waals surface area contributed by atoms with Crippen LogP contribution in [-0.2, 0) is 5.41 Å². The van der Waals surface area contributed by atoms with Crippen molar-refractivity contribution in [2.45, 2.75) is 50.0 Å². The second-order valence-electron chi connectivity index (χ2n) is 6.65. The quantitative estimate of drug-likeness (QED) is 0.847. The van der Waals surface area contributed by atoms with Crippen molar-refractivity contribution < 1.29 is 0 Å². The number of nitrogens with zero attached hydrogens (tertiary/aromatic N) is 1. The molecular weight excluding hydrogens is 268 g/mol. The zero-order valence-electron chi connectivity index (χ0n) is 12.1. The molecule has 2 aliphatic heterocycles. The summed E-state index contributed by atoms with van der Waals surface area (Å²) in [6.07, 6.45) is 8.48. The van der Waals surface area contributed by atoms with E-state index in [9.17, 15) is 0 Å². The van der Waals surface area contributed by atoms with E-state index in [2.05, 4.69) is 34.5 Å². The molecule has 1 aromatic carbocycles. The number of likely N-dealkylation sites (tertiary alicyclic amines) is 1. The van der Waals surface area contributed by atoms with Gasteiger partial charge in [-0.15, -0.1) is 12.4 Å². The van der Waals surface area contributed by atoms with Gasteiger partial charge in [-0.3, -0.25) is 0 Å². The van der Waals surface area contributed by atoms with E-state index in [0.29, 0.717) is 5.41 Å². The summed E-state index contributed by atoms with van der Waals surface area (Å²) in [4.78, 5) is 2.78. The van der Waals surface area contributed by atoms with Gasteiger partial charge in [-0.05, 0) is 50.4 Å². The molecule has 3 heteroatoms. The summed E-state index contributed by atoms with van der Waals surface area (Å²) in [6, 6.07) is 9.85. The third-order valence-electron chi connectivity index (χ3n) is 5.71. The lowest BCUT2D eigenvalue weighted by Gasteiger charge is -2.42. The molecule has 1 N–H and O–H groups in total. The lowest BCUT2D eigenvalue weighted by molar-refractivity contribution is 0.123.